The van der Waals surface area contributed by atoms with Gasteiger partial charge < -0.3 is 10.0 Å². The number of amides is 1. The molecule has 2 N–H and O–H groups in total. The third-order valence-electron chi connectivity index (χ3n) is 4.97. The topological polar surface area (TPSA) is 61.8 Å². The maximum Gasteiger partial charge on any atom is 0.407 e. The van der Waals surface area contributed by atoms with Crippen LogP contribution in [0.4, 0.5) is 4.79 Å². The van der Waals surface area contributed by atoms with E-state index in [9.17, 15) is 9.90 Å². The van der Waals surface area contributed by atoms with Crippen molar-refractivity contribution in [2.24, 2.45) is 17.3 Å². The van der Waals surface area contributed by atoms with Gasteiger partial charge in [-0.3, -0.25) is 10.3 Å². The van der Waals surface area contributed by atoms with E-state index in [1.807, 2.05) is 30.3 Å². The summed E-state index contributed by atoms with van der Waals surface area (Å²) in [6.07, 6.45) is 2.21. The van der Waals surface area contributed by atoms with Crippen molar-refractivity contribution >= 4 is 6.09 Å². The fourth-order valence-corrected chi connectivity index (χ4v) is 4.07. The minimum Gasteiger partial charge on any atom is -0.465 e. The van der Waals surface area contributed by atoms with Crippen LogP contribution in [0.1, 0.15) is 32.8 Å². The molecule has 130 valence electrons. The number of hydrogen-bond acceptors (Lipinski definition) is 3. The van der Waals surface area contributed by atoms with Crippen molar-refractivity contribution in [2.75, 3.05) is 6.54 Å². The molecule has 24 heavy (non-hydrogen) atoms. The van der Waals surface area contributed by atoms with Gasteiger partial charge in [-0.05, 0) is 23.3 Å². The highest BCUT2D eigenvalue weighted by molar-refractivity contribution is 5.66. The molecule has 5 heteroatoms. The van der Waals surface area contributed by atoms with Gasteiger partial charge in [0.2, 0.25) is 0 Å². The Bertz CT molecular complexity index is 621. The van der Waals surface area contributed by atoms with Gasteiger partial charge in [-0.25, -0.2) is 4.79 Å². The van der Waals surface area contributed by atoms with Gasteiger partial charge in [0, 0.05) is 24.2 Å². The van der Waals surface area contributed by atoms with Crippen LogP contribution < -0.4 is 5.48 Å². The largest absolute Gasteiger partial charge is 0.465 e. The molecule has 0 radical (unpaired) electrons. The van der Waals surface area contributed by atoms with Crippen LogP contribution in [0.15, 0.2) is 42.1 Å². The van der Waals surface area contributed by atoms with Crippen LogP contribution in [0.5, 0.6) is 0 Å². The van der Waals surface area contributed by atoms with E-state index < -0.39 is 6.09 Å². The first-order valence-electron chi connectivity index (χ1n) is 8.48. The predicted molar refractivity (Wildman–Crippen MR) is 92.0 cm³/mol. The molecule has 1 aromatic carbocycles. The number of carboxylic acid groups (broad SMARTS) is 1. The first-order valence-corrected chi connectivity index (χ1v) is 8.48. The monoisotopic (exact) mass is 330 g/mol. The van der Waals surface area contributed by atoms with Crippen LogP contribution in [0.3, 0.4) is 0 Å². The first kappa shape index (κ1) is 16.8. The number of nitrogens with zero attached hydrogens (tertiary/aromatic N) is 1. The highest BCUT2D eigenvalue weighted by atomic mass is 16.6. The van der Waals surface area contributed by atoms with Gasteiger partial charge in [0.15, 0.2) is 0 Å². The second-order valence-corrected chi connectivity index (χ2v) is 7.86. The first-order chi connectivity index (χ1) is 11.4. The van der Waals surface area contributed by atoms with Gasteiger partial charge in [-0.2, -0.15) is 0 Å². The molecule has 1 aliphatic carbocycles. The average Bonchev–Trinajstić information content (AvgIpc) is 3.04. The van der Waals surface area contributed by atoms with Crippen molar-refractivity contribution in [1.82, 2.24) is 10.4 Å². The van der Waals surface area contributed by atoms with Gasteiger partial charge in [0.25, 0.3) is 0 Å². The molecule has 3 unspecified atom stereocenters. The Morgan fingerprint density at radius 1 is 1.33 bits per heavy atom. The van der Waals surface area contributed by atoms with Crippen LogP contribution in [0.25, 0.3) is 0 Å². The molecule has 1 aliphatic heterocycles. The van der Waals surface area contributed by atoms with E-state index in [1.165, 1.54) is 0 Å². The molecule has 1 heterocycles. The van der Waals surface area contributed by atoms with E-state index in [4.69, 9.17) is 4.84 Å². The molecule has 2 aliphatic rings. The fourth-order valence-electron chi connectivity index (χ4n) is 4.07. The number of nitrogens with one attached hydrogen (secondary N) is 1. The summed E-state index contributed by atoms with van der Waals surface area (Å²) in [4.78, 5) is 18.8. The number of hydroxylamine groups is 1. The molecule has 1 aromatic rings. The lowest BCUT2D eigenvalue weighted by Crippen LogP contribution is -2.45. The number of allylic oxidation sites excluding steroid dienone is 1. The summed E-state index contributed by atoms with van der Waals surface area (Å²) in [6, 6.07) is 10.0. The number of fused-ring (bicyclic) bond motifs is 1. The van der Waals surface area contributed by atoms with E-state index in [1.54, 1.807) is 4.90 Å². The lowest BCUT2D eigenvalue weighted by Gasteiger charge is -2.36. The van der Waals surface area contributed by atoms with E-state index in [0.29, 0.717) is 19.1 Å². The molecule has 0 bridgehead atoms. The third kappa shape index (κ3) is 3.41. The van der Waals surface area contributed by atoms with Crippen LogP contribution in [0, 0.1) is 17.3 Å². The zero-order valence-corrected chi connectivity index (χ0v) is 14.5. The smallest absolute Gasteiger partial charge is 0.407 e. The third-order valence-corrected chi connectivity index (χ3v) is 4.97. The summed E-state index contributed by atoms with van der Waals surface area (Å²) in [5, 5.41) is 9.50. The van der Waals surface area contributed by atoms with Crippen molar-refractivity contribution in [1.29, 1.82) is 0 Å². The van der Waals surface area contributed by atoms with E-state index in [-0.39, 0.29) is 17.4 Å². The Hall–Kier alpha value is -2.01. The molecule has 1 fully saturated rings. The Morgan fingerprint density at radius 3 is 2.67 bits per heavy atom. The molecule has 0 spiro atoms. The van der Waals surface area contributed by atoms with Crippen LogP contribution in [-0.4, -0.2) is 28.7 Å². The van der Waals surface area contributed by atoms with Gasteiger partial charge in [0.1, 0.15) is 0 Å². The number of hydrogen-bond donors (Lipinski definition) is 2. The number of likely N-dealkylation sites (tertiary alicyclic amines) is 1. The molecule has 3 atom stereocenters. The minimum absolute atomic E-state index is 0.00780. The van der Waals surface area contributed by atoms with Gasteiger partial charge in [-0.15, -0.1) is 0 Å². The van der Waals surface area contributed by atoms with Crippen molar-refractivity contribution in [3.63, 3.8) is 0 Å². The van der Waals surface area contributed by atoms with E-state index >= 15 is 0 Å². The molecular weight excluding hydrogens is 304 g/mol. The van der Waals surface area contributed by atoms with Crippen LogP contribution in [-0.2, 0) is 11.4 Å². The number of carbonyl (C=O) groups is 1. The Kier molecular flexibility index (Phi) is 4.54. The van der Waals surface area contributed by atoms with Gasteiger partial charge in [0.05, 0.1) is 6.61 Å². The second kappa shape index (κ2) is 6.48. The normalized spacial score (nSPS) is 26.2. The molecule has 1 saturated heterocycles. The predicted octanol–water partition coefficient (Wildman–Crippen LogP) is 3.64. The molecule has 0 saturated carbocycles. The lowest BCUT2D eigenvalue weighted by molar-refractivity contribution is 0.0465. The summed E-state index contributed by atoms with van der Waals surface area (Å²) >= 11 is 0. The highest BCUT2D eigenvalue weighted by Gasteiger charge is 2.50. The SMILES string of the molecule is CC(C)(C)C1C2C=C(NOCc3ccccc3)CC2CN1C(=O)O. The Balaban J connectivity index is 1.63. The van der Waals surface area contributed by atoms with Crippen molar-refractivity contribution in [3.05, 3.63) is 47.7 Å². The fraction of sp³-hybridized carbons (Fsp3) is 0.526. The lowest BCUT2D eigenvalue weighted by atomic mass is 9.78. The number of benzene rings is 1. The molecule has 1 amide bonds. The quantitative estimate of drug-likeness (QED) is 0.828. The summed E-state index contributed by atoms with van der Waals surface area (Å²) < 4.78 is 0. The zero-order chi connectivity index (χ0) is 17.3. The van der Waals surface area contributed by atoms with Crippen molar-refractivity contribution in [3.8, 4) is 0 Å². The van der Waals surface area contributed by atoms with Crippen molar-refractivity contribution in [2.45, 2.75) is 39.8 Å². The Labute approximate surface area is 143 Å². The summed E-state index contributed by atoms with van der Waals surface area (Å²) in [5.74, 6) is 0.595. The number of rotatable bonds is 4. The second-order valence-electron chi connectivity index (χ2n) is 7.86. The van der Waals surface area contributed by atoms with Gasteiger partial charge >= 0.3 is 6.09 Å². The summed E-state index contributed by atoms with van der Waals surface area (Å²) in [6.45, 7) is 7.45. The van der Waals surface area contributed by atoms with Gasteiger partial charge in [-0.1, -0.05) is 57.2 Å². The standard InChI is InChI=1S/C19H26N2O3/c1-19(2,3)17-16-10-15(9-14(16)11-21(17)18(22)23)20-24-12-13-7-5-4-6-8-13/h4-8,10,14,16-17,20H,9,11-12H2,1-3H3,(H,22,23). The molecule has 3 rings (SSSR count). The molecule has 0 aromatic heterocycles. The average molecular weight is 330 g/mol. The van der Waals surface area contributed by atoms with Crippen LogP contribution >= 0.6 is 0 Å². The maximum absolute atomic E-state index is 11.6. The zero-order valence-electron chi connectivity index (χ0n) is 14.5. The van der Waals surface area contributed by atoms with E-state index in [2.05, 4.69) is 32.3 Å². The molecule has 5 nitrogen and oxygen atoms in total. The molecular formula is C19H26N2O3. The van der Waals surface area contributed by atoms with Crippen LogP contribution in [0.2, 0.25) is 0 Å². The van der Waals surface area contributed by atoms with Crippen molar-refractivity contribution < 1.29 is 14.7 Å². The van der Waals surface area contributed by atoms with E-state index in [0.717, 1.165) is 17.7 Å². The minimum atomic E-state index is -0.812. The summed E-state index contributed by atoms with van der Waals surface area (Å²) in [5.41, 5.74) is 5.17. The summed E-state index contributed by atoms with van der Waals surface area (Å²) in [7, 11) is 0. The highest BCUT2D eigenvalue weighted by Crippen LogP contribution is 2.46. The maximum atomic E-state index is 11.6. The Morgan fingerprint density at radius 2 is 2.04 bits per heavy atom.